The zero-order valence-corrected chi connectivity index (χ0v) is 12.5. The Bertz CT molecular complexity index is 308. The van der Waals surface area contributed by atoms with E-state index in [0.29, 0.717) is 13.0 Å². The van der Waals surface area contributed by atoms with Gasteiger partial charge in [-0.15, -0.1) is 0 Å². The zero-order chi connectivity index (χ0) is 14.6. The molecule has 1 heterocycles. The number of unbranched alkanes of at least 4 members (excludes halogenated alkanes) is 3. The van der Waals surface area contributed by atoms with Crippen LogP contribution < -0.4 is 10.8 Å². The molecule has 0 radical (unpaired) electrons. The molecule has 116 valence electrons. The number of hydroxylamine groups is 1. The summed E-state index contributed by atoms with van der Waals surface area (Å²) in [6, 6.07) is 0. The molecule has 0 aromatic rings. The second kappa shape index (κ2) is 10.6. The van der Waals surface area contributed by atoms with E-state index in [4.69, 9.17) is 5.21 Å². The largest absolute Gasteiger partial charge is 0.357 e. The Morgan fingerprint density at radius 1 is 1.35 bits per heavy atom. The Labute approximate surface area is 121 Å². The highest BCUT2D eigenvalue weighted by Gasteiger charge is 2.15. The number of amides is 1. The van der Waals surface area contributed by atoms with Gasteiger partial charge in [0.25, 0.3) is 0 Å². The first-order chi connectivity index (χ1) is 9.77. The monoisotopic (exact) mass is 284 g/mol. The van der Waals surface area contributed by atoms with Crippen LogP contribution >= 0.6 is 0 Å². The van der Waals surface area contributed by atoms with Crippen LogP contribution in [0.2, 0.25) is 0 Å². The van der Waals surface area contributed by atoms with E-state index in [9.17, 15) is 4.79 Å². The van der Waals surface area contributed by atoms with Gasteiger partial charge in [-0.25, -0.2) is 5.48 Å². The molecule has 0 saturated carbocycles. The number of carbonyl (C=O) groups excluding carboxylic acids is 1. The molecule has 1 amide bonds. The van der Waals surface area contributed by atoms with E-state index in [0.717, 1.165) is 32.6 Å². The minimum Gasteiger partial charge on any atom is -0.357 e. The van der Waals surface area contributed by atoms with Gasteiger partial charge in [0.1, 0.15) is 0 Å². The van der Waals surface area contributed by atoms with Gasteiger partial charge in [-0.3, -0.25) is 15.0 Å². The lowest BCUT2D eigenvalue weighted by Gasteiger charge is -2.20. The van der Waals surface area contributed by atoms with E-state index >= 15 is 0 Å². The second-order valence-electron chi connectivity index (χ2n) is 5.13. The van der Waals surface area contributed by atoms with Gasteiger partial charge in [-0.2, -0.15) is 0 Å². The Balaban J connectivity index is 2.07. The molecular weight excluding hydrogens is 256 g/mol. The summed E-state index contributed by atoms with van der Waals surface area (Å²) in [5, 5.41) is 11.6. The lowest BCUT2D eigenvalue weighted by Crippen LogP contribution is -2.35. The van der Waals surface area contributed by atoms with Crippen LogP contribution in [-0.4, -0.2) is 54.6 Å². The maximum atomic E-state index is 10.8. The highest BCUT2D eigenvalue weighted by atomic mass is 16.5. The standard InChI is InChI=1S/C14H28N4O2/c1-2-3-4-5-6-13-16-10-12-18(13)11-9-15-8-7-14(19)17-20/h15,20H,2-12H2,1H3,(H,17,19). The van der Waals surface area contributed by atoms with Crippen LogP contribution in [0.4, 0.5) is 0 Å². The number of aliphatic imine (C=N–C) groups is 1. The van der Waals surface area contributed by atoms with Gasteiger partial charge < -0.3 is 10.2 Å². The lowest BCUT2D eigenvalue weighted by atomic mass is 10.1. The third kappa shape index (κ3) is 6.86. The molecule has 6 heteroatoms. The number of carbonyl (C=O) groups is 1. The van der Waals surface area contributed by atoms with Gasteiger partial charge in [-0.05, 0) is 6.42 Å². The van der Waals surface area contributed by atoms with Crippen molar-refractivity contribution in [1.29, 1.82) is 0 Å². The van der Waals surface area contributed by atoms with Crippen molar-refractivity contribution in [3.8, 4) is 0 Å². The number of hydrogen-bond acceptors (Lipinski definition) is 5. The third-order valence-electron chi connectivity index (χ3n) is 3.50. The van der Waals surface area contributed by atoms with Crippen molar-refractivity contribution < 1.29 is 10.0 Å². The number of rotatable bonds is 11. The van der Waals surface area contributed by atoms with Crippen LogP contribution in [-0.2, 0) is 4.79 Å². The normalized spacial score (nSPS) is 14.5. The molecule has 1 rings (SSSR count). The van der Waals surface area contributed by atoms with Crippen LogP contribution in [0.1, 0.15) is 45.4 Å². The van der Waals surface area contributed by atoms with Gasteiger partial charge in [0, 0.05) is 39.0 Å². The quantitative estimate of drug-likeness (QED) is 0.302. The number of nitrogens with zero attached hydrogens (tertiary/aromatic N) is 2. The lowest BCUT2D eigenvalue weighted by molar-refractivity contribution is -0.129. The molecular formula is C14H28N4O2. The Morgan fingerprint density at radius 3 is 2.95 bits per heavy atom. The average molecular weight is 284 g/mol. The minimum atomic E-state index is -0.350. The molecule has 3 N–H and O–H groups in total. The van der Waals surface area contributed by atoms with Crippen molar-refractivity contribution in [2.75, 3.05) is 32.7 Å². The molecule has 20 heavy (non-hydrogen) atoms. The molecule has 0 aromatic carbocycles. The van der Waals surface area contributed by atoms with Gasteiger partial charge in [0.05, 0.1) is 12.4 Å². The van der Waals surface area contributed by atoms with Crippen LogP contribution in [0.15, 0.2) is 4.99 Å². The first-order valence-corrected chi connectivity index (χ1v) is 7.69. The van der Waals surface area contributed by atoms with Gasteiger partial charge in [0.2, 0.25) is 5.91 Å². The molecule has 6 nitrogen and oxygen atoms in total. The minimum absolute atomic E-state index is 0.300. The summed E-state index contributed by atoms with van der Waals surface area (Å²) >= 11 is 0. The zero-order valence-electron chi connectivity index (χ0n) is 12.5. The Morgan fingerprint density at radius 2 is 2.20 bits per heavy atom. The Kier molecular flexibility index (Phi) is 8.98. The molecule has 0 fully saturated rings. The molecule has 0 atom stereocenters. The summed E-state index contributed by atoms with van der Waals surface area (Å²) in [4.78, 5) is 17.7. The van der Waals surface area contributed by atoms with Crippen molar-refractivity contribution in [2.24, 2.45) is 4.99 Å². The van der Waals surface area contributed by atoms with Crippen LogP contribution in [0.3, 0.4) is 0 Å². The van der Waals surface area contributed by atoms with Crippen molar-refractivity contribution in [1.82, 2.24) is 15.7 Å². The summed E-state index contributed by atoms with van der Waals surface area (Å²) in [6.45, 7) is 6.52. The second-order valence-corrected chi connectivity index (χ2v) is 5.13. The smallest absolute Gasteiger partial charge is 0.244 e. The summed E-state index contributed by atoms with van der Waals surface area (Å²) in [6.07, 6.45) is 6.48. The van der Waals surface area contributed by atoms with E-state index in [1.165, 1.54) is 31.5 Å². The molecule has 0 aliphatic carbocycles. The maximum Gasteiger partial charge on any atom is 0.244 e. The molecule has 0 unspecified atom stereocenters. The summed E-state index contributed by atoms with van der Waals surface area (Å²) in [5.74, 6) is 0.896. The number of amidine groups is 1. The first kappa shape index (κ1) is 16.9. The number of nitrogens with one attached hydrogen (secondary N) is 2. The first-order valence-electron chi connectivity index (χ1n) is 7.69. The Hall–Kier alpha value is -1.14. The molecule has 0 aromatic heterocycles. The molecule has 1 aliphatic rings. The van der Waals surface area contributed by atoms with Gasteiger partial charge in [-0.1, -0.05) is 26.2 Å². The highest BCUT2D eigenvalue weighted by molar-refractivity contribution is 5.83. The fourth-order valence-corrected chi connectivity index (χ4v) is 2.31. The van der Waals surface area contributed by atoms with E-state index in [1.54, 1.807) is 5.48 Å². The predicted molar refractivity (Wildman–Crippen MR) is 80.0 cm³/mol. The molecule has 0 bridgehead atoms. The van der Waals surface area contributed by atoms with E-state index in [-0.39, 0.29) is 5.91 Å². The van der Waals surface area contributed by atoms with Crippen molar-refractivity contribution >= 4 is 11.7 Å². The van der Waals surface area contributed by atoms with E-state index < -0.39 is 0 Å². The summed E-state index contributed by atoms with van der Waals surface area (Å²) < 4.78 is 0. The van der Waals surface area contributed by atoms with Crippen molar-refractivity contribution in [3.05, 3.63) is 0 Å². The topological polar surface area (TPSA) is 77.0 Å². The van der Waals surface area contributed by atoms with Crippen molar-refractivity contribution in [3.63, 3.8) is 0 Å². The molecule has 1 aliphatic heterocycles. The van der Waals surface area contributed by atoms with Crippen LogP contribution in [0, 0.1) is 0 Å². The van der Waals surface area contributed by atoms with E-state index in [2.05, 4.69) is 22.1 Å². The molecule has 0 spiro atoms. The summed E-state index contributed by atoms with van der Waals surface area (Å²) in [7, 11) is 0. The maximum absolute atomic E-state index is 10.8. The fourth-order valence-electron chi connectivity index (χ4n) is 2.31. The summed E-state index contributed by atoms with van der Waals surface area (Å²) in [5.41, 5.74) is 1.63. The van der Waals surface area contributed by atoms with Gasteiger partial charge >= 0.3 is 0 Å². The van der Waals surface area contributed by atoms with E-state index in [1.807, 2.05) is 0 Å². The van der Waals surface area contributed by atoms with Crippen LogP contribution in [0.5, 0.6) is 0 Å². The van der Waals surface area contributed by atoms with Crippen LogP contribution in [0.25, 0.3) is 0 Å². The predicted octanol–water partition coefficient (Wildman–Crippen LogP) is 1.16. The van der Waals surface area contributed by atoms with Gasteiger partial charge in [0.15, 0.2) is 0 Å². The third-order valence-corrected chi connectivity index (χ3v) is 3.50. The highest BCUT2D eigenvalue weighted by Crippen LogP contribution is 2.10. The van der Waals surface area contributed by atoms with Crippen molar-refractivity contribution in [2.45, 2.75) is 45.4 Å². The SMILES string of the molecule is CCCCCCC1=NCCN1CCNCCC(=O)NO. The number of hydrogen-bond donors (Lipinski definition) is 3. The molecule has 0 saturated heterocycles. The fraction of sp³-hybridized carbons (Fsp3) is 0.857. The average Bonchev–Trinajstić information content (AvgIpc) is 2.90.